The largest absolute Gasteiger partial charge is 0.339 e. The second-order valence-electron chi connectivity index (χ2n) is 5.29. The molecule has 0 N–H and O–H groups in total. The molecule has 0 unspecified atom stereocenters. The minimum atomic E-state index is 0.258. The quantitative estimate of drug-likeness (QED) is 0.729. The Bertz CT molecular complexity index is 429. The summed E-state index contributed by atoms with van der Waals surface area (Å²) in [6, 6.07) is 8.73. The van der Waals surface area contributed by atoms with Crippen molar-refractivity contribution in [2.24, 2.45) is 0 Å². The lowest BCUT2D eigenvalue weighted by atomic mass is 9.91. The monoisotopic (exact) mass is 279 g/mol. The Morgan fingerprint density at radius 3 is 2.68 bits per heavy atom. The van der Waals surface area contributed by atoms with Crippen LogP contribution in [0.2, 0.25) is 0 Å². The van der Waals surface area contributed by atoms with Gasteiger partial charge in [-0.2, -0.15) is 0 Å². The summed E-state index contributed by atoms with van der Waals surface area (Å²) in [6.07, 6.45) is 4.96. The van der Waals surface area contributed by atoms with E-state index >= 15 is 0 Å². The highest BCUT2D eigenvalue weighted by atomic mass is 35.5. The first kappa shape index (κ1) is 14.4. The maximum atomic E-state index is 12.3. The number of aryl methyl sites for hydroxylation is 2. The number of benzene rings is 1. The third-order valence-corrected chi connectivity index (χ3v) is 4.20. The molecular formula is C16H22ClNO. The Balaban J connectivity index is 1.90. The fourth-order valence-electron chi connectivity index (χ4n) is 2.58. The van der Waals surface area contributed by atoms with E-state index in [9.17, 15) is 4.79 Å². The highest BCUT2D eigenvalue weighted by molar-refractivity contribution is 6.18. The second kappa shape index (κ2) is 6.95. The number of carbonyl (C=O) groups is 1. The molecule has 1 aromatic rings. The number of carbonyl (C=O) groups excluding carboxylic acids is 1. The number of rotatable bonds is 6. The summed E-state index contributed by atoms with van der Waals surface area (Å²) in [5, 5.41) is 0. The molecular weight excluding hydrogens is 258 g/mol. The fourth-order valence-corrected chi connectivity index (χ4v) is 2.76. The Labute approximate surface area is 120 Å². The Morgan fingerprint density at radius 2 is 2.11 bits per heavy atom. The van der Waals surface area contributed by atoms with E-state index in [4.69, 9.17) is 11.6 Å². The molecule has 3 heteroatoms. The van der Waals surface area contributed by atoms with E-state index in [2.05, 4.69) is 19.1 Å². The van der Waals surface area contributed by atoms with Gasteiger partial charge in [-0.3, -0.25) is 4.79 Å². The smallest absolute Gasteiger partial charge is 0.223 e. The molecule has 1 fully saturated rings. The molecule has 1 aliphatic carbocycles. The van der Waals surface area contributed by atoms with Crippen LogP contribution < -0.4 is 0 Å². The predicted molar refractivity (Wildman–Crippen MR) is 79.6 cm³/mol. The minimum Gasteiger partial charge on any atom is -0.339 e. The van der Waals surface area contributed by atoms with Gasteiger partial charge >= 0.3 is 0 Å². The molecule has 1 amide bonds. The normalized spacial score (nSPS) is 15.1. The van der Waals surface area contributed by atoms with Crippen LogP contribution in [0.1, 0.15) is 36.8 Å². The number of hydrogen-bond donors (Lipinski definition) is 0. The molecule has 0 bridgehead atoms. The van der Waals surface area contributed by atoms with Crippen LogP contribution in [0, 0.1) is 6.92 Å². The summed E-state index contributed by atoms with van der Waals surface area (Å²) in [5.74, 6) is 0.792. The van der Waals surface area contributed by atoms with Crippen LogP contribution in [-0.4, -0.2) is 29.3 Å². The molecule has 0 aromatic heterocycles. The lowest BCUT2D eigenvalue weighted by Crippen LogP contribution is -2.45. The standard InChI is InChI=1S/C16H22ClNO/c1-13-5-2-3-6-14(13)9-10-16(19)18(12-11-17)15-7-4-8-15/h2-3,5-6,15H,4,7-12H2,1H3. The van der Waals surface area contributed by atoms with Crippen LogP contribution in [0.25, 0.3) is 0 Å². The summed E-state index contributed by atoms with van der Waals surface area (Å²) in [5.41, 5.74) is 2.54. The predicted octanol–water partition coefficient (Wildman–Crippen LogP) is 3.55. The Hall–Kier alpha value is -1.02. The van der Waals surface area contributed by atoms with Crippen LogP contribution in [-0.2, 0) is 11.2 Å². The molecule has 1 aromatic carbocycles. The Kier molecular flexibility index (Phi) is 5.26. The molecule has 0 saturated heterocycles. The van der Waals surface area contributed by atoms with Gasteiger partial charge in [-0.25, -0.2) is 0 Å². The first-order chi connectivity index (χ1) is 9.22. The first-order valence-electron chi connectivity index (χ1n) is 7.12. The van der Waals surface area contributed by atoms with Crippen molar-refractivity contribution >= 4 is 17.5 Å². The van der Waals surface area contributed by atoms with E-state index in [1.54, 1.807) is 0 Å². The third kappa shape index (κ3) is 3.73. The van der Waals surface area contributed by atoms with Crippen molar-refractivity contribution in [3.05, 3.63) is 35.4 Å². The number of alkyl halides is 1. The highest BCUT2D eigenvalue weighted by Crippen LogP contribution is 2.25. The van der Waals surface area contributed by atoms with Gasteiger partial charge in [0.1, 0.15) is 0 Å². The summed E-state index contributed by atoms with van der Waals surface area (Å²) < 4.78 is 0. The van der Waals surface area contributed by atoms with Gasteiger partial charge in [-0.15, -0.1) is 11.6 Å². The summed E-state index contributed by atoms with van der Waals surface area (Å²) in [6.45, 7) is 2.79. The zero-order valence-corrected chi connectivity index (χ0v) is 12.3. The zero-order chi connectivity index (χ0) is 13.7. The van der Waals surface area contributed by atoms with Crippen molar-refractivity contribution in [2.75, 3.05) is 12.4 Å². The molecule has 1 aliphatic rings. The molecule has 0 radical (unpaired) electrons. The van der Waals surface area contributed by atoms with E-state index in [0.29, 0.717) is 24.9 Å². The summed E-state index contributed by atoms with van der Waals surface area (Å²) in [7, 11) is 0. The van der Waals surface area contributed by atoms with Crippen molar-refractivity contribution in [1.82, 2.24) is 4.90 Å². The number of halogens is 1. The van der Waals surface area contributed by atoms with Gasteiger partial charge in [0.25, 0.3) is 0 Å². The summed E-state index contributed by atoms with van der Waals surface area (Å²) in [4.78, 5) is 14.3. The lowest BCUT2D eigenvalue weighted by Gasteiger charge is -2.37. The highest BCUT2D eigenvalue weighted by Gasteiger charge is 2.27. The van der Waals surface area contributed by atoms with E-state index in [-0.39, 0.29) is 5.91 Å². The van der Waals surface area contributed by atoms with Gasteiger partial charge < -0.3 is 4.90 Å². The topological polar surface area (TPSA) is 20.3 Å². The van der Waals surface area contributed by atoms with Crippen molar-refractivity contribution in [3.63, 3.8) is 0 Å². The SMILES string of the molecule is Cc1ccccc1CCC(=O)N(CCCl)C1CCC1. The number of hydrogen-bond acceptors (Lipinski definition) is 1. The van der Waals surface area contributed by atoms with Crippen LogP contribution in [0.4, 0.5) is 0 Å². The first-order valence-corrected chi connectivity index (χ1v) is 7.65. The maximum absolute atomic E-state index is 12.3. The second-order valence-corrected chi connectivity index (χ2v) is 5.67. The van der Waals surface area contributed by atoms with Gasteiger partial charge in [0.15, 0.2) is 0 Å². The van der Waals surface area contributed by atoms with E-state index < -0.39 is 0 Å². The lowest BCUT2D eigenvalue weighted by molar-refractivity contribution is -0.134. The number of nitrogens with zero attached hydrogens (tertiary/aromatic N) is 1. The van der Waals surface area contributed by atoms with Gasteiger partial charge in [0.2, 0.25) is 5.91 Å². The van der Waals surface area contributed by atoms with Crippen molar-refractivity contribution < 1.29 is 4.79 Å². The van der Waals surface area contributed by atoms with Gasteiger partial charge in [-0.1, -0.05) is 24.3 Å². The minimum absolute atomic E-state index is 0.258. The average molecular weight is 280 g/mol. The van der Waals surface area contributed by atoms with Crippen molar-refractivity contribution in [2.45, 2.75) is 45.1 Å². The van der Waals surface area contributed by atoms with Gasteiger partial charge in [0.05, 0.1) is 0 Å². The molecule has 0 aliphatic heterocycles. The van der Waals surface area contributed by atoms with Crippen LogP contribution >= 0.6 is 11.6 Å². The van der Waals surface area contributed by atoms with Crippen molar-refractivity contribution in [1.29, 1.82) is 0 Å². The van der Waals surface area contributed by atoms with E-state index in [0.717, 1.165) is 19.3 Å². The molecule has 0 spiro atoms. The molecule has 104 valence electrons. The zero-order valence-electron chi connectivity index (χ0n) is 11.6. The van der Waals surface area contributed by atoms with Crippen LogP contribution in [0.3, 0.4) is 0 Å². The number of amides is 1. The molecule has 0 atom stereocenters. The molecule has 2 rings (SSSR count). The maximum Gasteiger partial charge on any atom is 0.223 e. The molecule has 1 saturated carbocycles. The fraction of sp³-hybridized carbons (Fsp3) is 0.562. The van der Waals surface area contributed by atoms with Crippen molar-refractivity contribution in [3.8, 4) is 0 Å². The summed E-state index contributed by atoms with van der Waals surface area (Å²) >= 11 is 5.81. The Morgan fingerprint density at radius 1 is 1.37 bits per heavy atom. The van der Waals surface area contributed by atoms with Crippen LogP contribution in [0.5, 0.6) is 0 Å². The molecule has 0 heterocycles. The van der Waals surface area contributed by atoms with Gasteiger partial charge in [0, 0.05) is 24.9 Å². The molecule has 2 nitrogen and oxygen atoms in total. The molecule has 19 heavy (non-hydrogen) atoms. The van der Waals surface area contributed by atoms with E-state index in [1.165, 1.54) is 17.5 Å². The third-order valence-electron chi connectivity index (χ3n) is 4.03. The average Bonchev–Trinajstić information content (AvgIpc) is 2.35. The van der Waals surface area contributed by atoms with Gasteiger partial charge in [-0.05, 0) is 43.7 Å². The van der Waals surface area contributed by atoms with Crippen LogP contribution in [0.15, 0.2) is 24.3 Å². The van der Waals surface area contributed by atoms with E-state index in [1.807, 2.05) is 17.0 Å².